The fourth-order valence-electron chi connectivity index (χ4n) is 2.11. The van der Waals surface area contributed by atoms with E-state index in [2.05, 4.69) is 20.6 Å². The van der Waals surface area contributed by atoms with Crippen LogP contribution < -0.4 is 5.32 Å². The van der Waals surface area contributed by atoms with E-state index in [1.165, 1.54) is 17.1 Å². The fourth-order valence-corrected chi connectivity index (χ4v) is 2.11. The molecule has 1 aromatic carbocycles. The van der Waals surface area contributed by atoms with Gasteiger partial charge in [-0.05, 0) is 12.1 Å². The third kappa shape index (κ3) is 4.47. The van der Waals surface area contributed by atoms with Crippen LogP contribution >= 0.6 is 0 Å². The second kappa shape index (κ2) is 7.34. The smallest absolute Gasteiger partial charge is 0.306 e. The van der Waals surface area contributed by atoms with E-state index in [1.54, 1.807) is 12.1 Å². The molecule has 3 aromatic rings. The predicted octanol–water partition coefficient (Wildman–Crippen LogP) is 1.60. The van der Waals surface area contributed by atoms with Crippen LogP contribution in [0.3, 0.4) is 0 Å². The number of anilines is 1. The van der Waals surface area contributed by atoms with Gasteiger partial charge in [0.1, 0.15) is 12.4 Å². The maximum atomic E-state index is 11.9. The number of carbonyl (C=O) groups excluding carboxylic acids is 1. The summed E-state index contributed by atoms with van der Waals surface area (Å²) in [5.41, 5.74) is 0.611. The summed E-state index contributed by atoms with van der Waals surface area (Å²) < 4.78 is 6.50. The van der Waals surface area contributed by atoms with Crippen molar-refractivity contribution < 1.29 is 14.2 Å². The quantitative estimate of drug-likeness (QED) is 0.510. The van der Waals surface area contributed by atoms with Gasteiger partial charge in [0.05, 0.1) is 11.3 Å². The van der Waals surface area contributed by atoms with Crippen LogP contribution in [-0.2, 0) is 24.2 Å². The minimum atomic E-state index is -0.514. The van der Waals surface area contributed by atoms with Gasteiger partial charge < -0.3 is 9.84 Å². The molecular formula is C15H14N6O4. The van der Waals surface area contributed by atoms with E-state index in [4.69, 9.17) is 4.52 Å². The zero-order valence-electron chi connectivity index (χ0n) is 13.0. The molecule has 0 bridgehead atoms. The monoisotopic (exact) mass is 342 g/mol. The number of rotatable bonds is 7. The van der Waals surface area contributed by atoms with Crippen LogP contribution in [0.2, 0.25) is 0 Å². The van der Waals surface area contributed by atoms with Crippen molar-refractivity contribution in [2.24, 2.45) is 0 Å². The van der Waals surface area contributed by atoms with E-state index in [0.29, 0.717) is 24.5 Å². The number of nitrogens with zero attached hydrogens (tertiary/aromatic N) is 5. The van der Waals surface area contributed by atoms with Gasteiger partial charge in [-0.25, -0.2) is 0 Å². The molecule has 2 aromatic heterocycles. The molecule has 3 rings (SSSR count). The molecule has 0 saturated heterocycles. The van der Waals surface area contributed by atoms with Crippen molar-refractivity contribution in [3.63, 3.8) is 0 Å². The molecule has 0 aliphatic rings. The van der Waals surface area contributed by atoms with Crippen molar-refractivity contribution in [3.05, 3.63) is 64.6 Å². The zero-order chi connectivity index (χ0) is 17.6. The van der Waals surface area contributed by atoms with Crippen LogP contribution in [0.5, 0.6) is 0 Å². The van der Waals surface area contributed by atoms with E-state index >= 15 is 0 Å². The standard InChI is InChI=1S/C15H14N6O4/c22-14(17-11-4-2-1-3-5-11)8-13-18-15(25-19-13)6-7-20-10-12(9-16-20)21(23)24/h1-5,9-10H,6-8H2,(H,17,22). The first kappa shape index (κ1) is 16.3. The van der Waals surface area contributed by atoms with Crippen LogP contribution in [0.4, 0.5) is 11.4 Å². The Hall–Kier alpha value is -3.56. The molecule has 0 aliphatic heterocycles. The van der Waals surface area contributed by atoms with E-state index in [9.17, 15) is 14.9 Å². The second-order valence-corrected chi connectivity index (χ2v) is 5.16. The summed E-state index contributed by atoms with van der Waals surface area (Å²) in [6, 6.07) is 9.06. The number of nitrogens with one attached hydrogen (secondary N) is 1. The number of hydrogen-bond donors (Lipinski definition) is 1. The zero-order valence-corrected chi connectivity index (χ0v) is 13.0. The number of carbonyl (C=O) groups is 1. The highest BCUT2D eigenvalue weighted by molar-refractivity contribution is 5.91. The summed E-state index contributed by atoms with van der Waals surface area (Å²) in [4.78, 5) is 26.1. The summed E-state index contributed by atoms with van der Waals surface area (Å²) in [5.74, 6) is 0.358. The van der Waals surface area contributed by atoms with Gasteiger partial charge in [0.15, 0.2) is 5.82 Å². The van der Waals surface area contributed by atoms with Crippen LogP contribution in [0, 0.1) is 10.1 Å². The van der Waals surface area contributed by atoms with Crippen molar-refractivity contribution in [1.82, 2.24) is 19.9 Å². The highest BCUT2D eigenvalue weighted by Crippen LogP contribution is 2.09. The van der Waals surface area contributed by atoms with Crippen molar-refractivity contribution >= 4 is 17.3 Å². The number of hydrogen-bond acceptors (Lipinski definition) is 7. The lowest BCUT2D eigenvalue weighted by Gasteiger charge is -2.02. The lowest BCUT2D eigenvalue weighted by molar-refractivity contribution is -0.385. The molecule has 2 heterocycles. The van der Waals surface area contributed by atoms with E-state index < -0.39 is 4.92 Å². The topological polar surface area (TPSA) is 129 Å². The third-order valence-corrected chi connectivity index (χ3v) is 3.27. The third-order valence-electron chi connectivity index (χ3n) is 3.27. The Labute approximate surface area is 141 Å². The maximum absolute atomic E-state index is 11.9. The number of aryl methyl sites for hydroxylation is 2. The SMILES string of the molecule is O=C(Cc1noc(CCn2cc([N+](=O)[O-])cn2)n1)Nc1ccccc1. The molecule has 0 spiro atoms. The number of benzene rings is 1. The summed E-state index contributed by atoms with van der Waals surface area (Å²) in [7, 11) is 0. The van der Waals surface area contributed by atoms with Gasteiger partial charge in [-0.2, -0.15) is 10.1 Å². The van der Waals surface area contributed by atoms with Gasteiger partial charge in [-0.3, -0.25) is 19.6 Å². The molecular weight excluding hydrogens is 328 g/mol. The maximum Gasteiger partial charge on any atom is 0.306 e. The van der Waals surface area contributed by atoms with Crippen molar-refractivity contribution in [3.8, 4) is 0 Å². The minimum absolute atomic E-state index is 0.00830. The Balaban J connectivity index is 1.51. The number of para-hydroxylation sites is 1. The Morgan fingerprint density at radius 1 is 1.32 bits per heavy atom. The van der Waals surface area contributed by atoms with Crippen LogP contribution in [0.1, 0.15) is 11.7 Å². The van der Waals surface area contributed by atoms with Crippen molar-refractivity contribution in [2.75, 3.05) is 5.32 Å². The average Bonchev–Trinajstić information content (AvgIpc) is 3.23. The molecule has 1 N–H and O–H groups in total. The van der Waals surface area contributed by atoms with E-state index in [1.807, 2.05) is 18.2 Å². The average molecular weight is 342 g/mol. The summed E-state index contributed by atoms with van der Waals surface area (Å²) in [5, 5.41) is 21.0. The molecule has 0 saturated carbocycles. The molecule has 0 unspecified atom stereocenters. The van der Waals surface area contributed by atoms with Crippen molar-refractivity contribution in [2.45, 2.75) is 19.4 Å². The molecule has 0 radical (unpaired) electrons. The van der Waals surface area contributed by atoms with Gasteiger partial charge in [0, 0.05) is 18.7 Å². The molecule has 10 nitrogen and oxygen atoms in total. The van der Waals surface area contributed by atoms with Crippen molar-refractivity contribution in [1.29, 1.82) is 0 Å². The lowest BCUT2D eigenvalue weighted by atomic mass is 10.3. The largest absolute Gasteiger partial charge is 0.339 e. The Morgan fingerprint density at radius 2 is 2.12 bits per heavy atom. The fraction of sp³-hybridized carbons (Fsp3) is 0.200. The van der Waals surface area contributed by atoms with E-state index in [0.717, 1.165) is 0 Å². The highest BCUT2D eigenvalue weighted by Gasteiger charge is 2.13. The van der Waals surface area contributed by atoms with Gasteiger partial charge >= 0.3 is 5.69 Å². The Kier molecular flexibility index (Phi) is 4.79. The number of nitro groups is 1. The van der Waals surface area contributed by atoms with Crippen LogP contribution in [0.15, 0.2) is 47.2 Å². The molecule has 1 amide bonds. The molecule has 0 fully saturated rings. The first-order valence-corrected chi connectivity index (χ1v) is 7.43. The normalized spacial score (nSPS) is 10.6. The Bertz CT molecular complexity index is 873. The summed E-state index contributed by atoms with van der Waals surface area (Å²) >= 11 is 0. The number of aromatic nitrogens is 4. The van der Waals surface area contributed by atoms with Crippen LogP contribution in [-0.4, -0.2) is 30.8 Å². The molecule has 128 valence electrons. The van der Waals surface area contributed by atoms with Gasteiger partial charge in [-0.1, -0.05) is 23.4 Å². The van der Waals surface area contributed by atoms with Gasteiger partial charge in [0.2, 0.25) is 11.8 Å². The molecule has 10 heteroatoms. The van der Waals surface area contributed by atoms with E-state index in [-0.39, 0.29) is 23.8 Å². The van der Waals surface area contributed by atoms with Gasteiger partial charge in [0.25, 0.3) is 0 Å². The summed E-state index contributed by atoms with van der Waals surface area (Å²) in [6.07, 6.45) is 2.84. The first-order chi connectivity index (χ1) is 12.1. The Morgan fingerprint density at radius 3 is 2.84 bits per heavy atom. The summed E-state index contributed by atoms with van der Waals surface area (Å²) in [6.45, 7) is 0.353. The number of amides is 1. The molecule has 0 atom stereocenters. The predicted molar refractivity (Wildman–Crippen MR) is 85.7 cm³/mol. The first-order valence-electron chi connectivity index (χ1n) is 7.43. The molecule has 25 heavy (non-hydrogen) atoms. The van der Waals surface area contributed by atoms with Gasteiger partial charge in [-0.15, -0.1) is 0 Å². The molecule has 0 aliphatic carbocycles. The highest BCUT2D eigenvalue weighted by atomic mass is 16.6. The minimum Gasteiger partial charge on any atom is -0.339 e. The second-order valence-electron chi connectivity index (χ2n) is 5.16. The lowest BCUT2D eigenvalue weighted by Crippen LogP contribution is -2.15. The van der Waals surface area contributed by atoms with Crippen LogP contribution in [0.25, 0.3) is 0 Å².